The highest BCUT2D eigenvalue weighted by Crippen LogP contribution is 2.29. The summed E-state index contributed by atoms with van der Waals surface area (Å²) < 4.78 is 58.4. The van der Waals surface area contributed by atoms with E-state index in [4.69, 9.17) is 4.74 Å². The first-order valence-electron chi connectivity index (χ1n) is 10.3. The van der Waals surface area contributed by atoms with Gasteiger partial charge in [0.05, 0.1) is 12.1 Å². The number of nitrogens with zero attached hydrogens (tertiary/aromatic N) is 5. The second-order valence-electron chi connectivity index (χ2n) is 7.53. The molecule has 0 spiro atoms. The van der Waals surface area contributed by atoms with Crippen LogP contribution < -0.4 is 10.1 Å². The molecule has 0 aliphatic carbocycles. The number of alkyl halides is 3. The molecule has 4 rings (SSSR count). The summed E-state index contributed by atoms with van der Waals surface area (Å²) in [5.41, 5.74) is -0.621. The molecule has 1 aromatic carbocycles. The van der Waals surface area contributed by atoms with Gasteiger partial charge in [-0.15, -0.1) is 10.2 Å². The summed E-state index contributed by atoms with van der Waals surface area (Å²) >= 11 is 0. The fourth-order valence-corrected chi connectivity index (χ4v) is 3.42. The first kappa shape index (κ1) is 23.3. The Morgan fingerprint density at radius 2 is 1.65 bits per heavy atom. The van der Waals surface area contributed by atoms with E-state index < -0.39 is 23.6 Å². The van der Waals surface area contributed by atoms with Gasteiger partial charge in [-0.3, -0.25) is 9.20 Å². The Balaban J connectivity index is 1.26. The summed E-state index contributed by atoms with van der Waals surface area (Å²) in [7, 11) is 0. The average molecular weight is 480 g/mol. The third-order valence-electron chi connectivity index (χ3n) is 5.29. The third kappa shape index (κ3) is 5.35. The number of carbonyl (C=O) groups excluding carboxylic acids is 2. The minimum Gasteiger partial charge on any atom is -0.484 e. The summed E-state index contributed by atoms with van der Waals surface area (Å²) in [6.07, 6.45) is -3.63. The van der Waals surface area contributed by atoms with Gasteiger partial charge in [0.25, 0.3) is 5.91 Å². The number of halogens is 4. The van der Waals surface area contributed by atoms with Crippen LogP contribution in [0.25, 0.3) is 5.65 Å². The largest absolute Gasteiger partial charge is 0.484 e. The van der Waals surface area contributed by atoms with E-state index in [1.54, 1.807) is 4.90 Å². The molecule has 3 heterocycles. The molecule has 3 aromatic rings. The lowest BCUT2D eigenvalue weighted by Crippen LogP contribution is -2.53. The van der Waals surface area contributed by atoms with Gasteiger partial charge >= 0.3 is 12.2 Å². The number of amides is 3. The first-order valence-corrected chi connectivity index (χ1v) is 10.3. The van der Waals surface area contributed by atoms with Crippen LogP contribution in [0.2, 0.25) is 0 Å². The summed E-state index contributed by atoms with van der Waals surface area (Å²) in [6, 6.07) is 7.00. The van der Waals surface area contributed by atoms with E-state index in [1.165, 1.54) is 39.6 Å². The van der Waals surface area contributed by atoms with Crippen molar-refractivity contribution >= 4 is 17.6 Å². The maximum Gasteiger partial charge on any atom is 0.417 e. The van der Waals surface area contributed by atoms with E-state index in [1.807, 2.05) is 0 Å². The number of urea groups is 1. The lowest BCUT2D eigenvalue weighted by Gasteiger charge is -2.34. The second-order valence-corrected chi connectivity index (χ2v) is 7.53. The van der Waals surface area contributed by atoms with Crippen molar-refractivity contribution in [3.05, 3.63) is 59.8 Å². The molecule has 180 valence electrons. The number of aromatic nitrogens is 3. The zero-order valence-electron chi connectivity index (χ0n) is 17.8. The van der Waals surface area contributed by atoms with E-state index in [0.717, 1.165) is 12.3 Å². The molecule has 2 aromatic heterocycles. The zero-order chi connectivity index (χ0) is 24.3. The molecule has 0 atom stereocenters. The number of piperazine rings is 1. The quantitative estimate of drug-likeness (QED) is 0.566. The fourth-order valence-electron chi connectivity index (χ4n) is 3.42. The lowest BCUT2D eigenvalue weighted by molar-refractivity contribution is -0.138. The molecule has 0 saturated carbocycles. The third-order valence-corrected chi connectivity index (χ3v) is 5.29. The van der Waals surface area contributed by atoms with Crippen LogP contribution in [0.3, 0.4) is 0 Å². The normalized spacial score (nSPS) is 14.4. The topological polar surface area (TPSA) is 92.1 Å². The Bertz CT molecular complexity index is 1170. The Hall–Kier alpha value is -3.90. The van der Waals surface area contributed by atoms with Crippen LogP contribution in [0.15, 0.2) is 42.6 Å². The number of fused-ring (bicyclic) bond motifs is 1. The van der Waals surface area contributed by atoms with Crippen molar-refractivity contribution in [2.45, 2.75) is 12.7 Å². The Kier molecular flexibility index (Phi) is 6.52. The molecule has 0 radical (unpaired) electrons. The second kappa shape index (κ2) is 9.53. The molecule has 9 nitrogen and oxygen atoms in total. The van der Waals surface area contributed by atoms with E-state index in [0.29, 0.717) is 18.8 Å². The SMILES string of the molecule is O=C(COc1ccc(F)cc1)N1CCN(C(=O)NCc2nnc3ccc(C(F)(F)F)cn23)CC1. The van der Waals surface area contributed by atoms with Crippen LogP contribution in [0.1, 0.15) is 11.4 Å². The monoisotopic (exact) mass is 480 g/mol. The molecule has 1 saturated heterocycles. The summed E-state index contributed by atoms with van der Waals surface area (Å²) in [6.45, 7) is 0.799. The number of hydrogen-bond donors (Lipinski definition) is 1. The van der Waals surface area contributed by atoms with Gasteiger partial charge in [0, 0.05) is 32.4 Å². The van der Waals surface area contributed by atoms with Crippen molar-refractivity contribution in [1.82, 2.24) is 29.7 Å². The Morgan fingerprint density at radius 1 is 0.971 bits per heavy atom. The highest BCUT2D eigenvalue weighted by molar-refractivity contribution is 5.79. The number of benzene rings is 1. The highest BCUT2D eigenvalue weighted by atomic mass is 19.4. The predicted molar refractivity (Wildman–Crippen MR) is 110 cm³/mol. The molecule has 13 heteroatoms. The Labute approximate surface area is 190 Å². The number of carbonyl (C=O) groups is 2. The molecule has 1 N–H and O–H groups in total. The molecule has 0 unspecified atom stereocenters. The van der Waals surface area contributed by atoms with E-state index >= 15 is 0 Å². The summed E-state index contributed by atoms with van der Waals surface area (Å²) in [5.74, 6) is -0.145. The molecule has 1 aliphatic rings. The van der Waals surface area contributed by atoms with Crippen LogP contribution in [0, 0.1) is 5.82 Å². The number of nitrogens with one attached hydrogen (secondary N) is 1. The number of ether oxygens (including phenoxy) is 1. The van der Waals surface area contributed by atoms with Crippen LogP contribution in [-0.2, 0) is 17.5 Å². The van der Waals surface area contributed by atoms with Gasteiger partial charge in [0.1, 0.15) is 11.6 Å². The van der Waals surface area contributed by atoms with Gasteiger partial charge < -0.3 is 19.9 Å². The van der Waals surface area contributed by atoms with Gasteiger partial charge in [-0.1, -0.05) is 0 Å². The highest BCUT2D eigenvalue weighted by Gasteiger charge is 2.31. The van der Waals surface area contributed by atoms with Crippen molar-refractivity contribution in [2.75, 3.05) is 32.8 Å². The van der Waals surface area contributed by atoms with E-state index in [2.05, 4.69) is 15.5 Å². The fraction of sp³-hybridized carbons (Fsp3) is 0.333. The molecule has 3 amide bonds. The van der Waals surface area contributed by atoms with Crippen molar-refractivity contribution in [3.8, 4) is 5.75 Å². The van der Waals surface area contributed by atoms with Gasteiger partial charge in [-0.05, 0) is 36.4 Å². The van der Waals surface area contributed by atoms with E-state index in [9.17, 15) is 27.2 Å². The van der Waals surface area contributed by atoms with Crippen molar-refractivity contribution < 1.29 is 31.9 Å². The smallest absolute Gasteiger partial charge is 0.417 e. The number of rotatable bonds is 5. The zero-order valence-corrected chi connectivity index (χ0v) is 17.8. The first-order chi connectivity index (χ1) is 16.2. The molecular formula is C21H20F4N6O3. The van der Waals surface area contributed by atoms with Crippen molar-refractivity contribution in [2.24, 2.45) is 0 Å². The lowest BCUT2D eigenvalue weighted by atomic mass is 10.3. The maximum atomic E-state index is 13.0. The van der Waals surface area contributed by atoms with E-state index in [-0.39, 0.29) is 43.6 Å². The number of hydrogen-bond acceptors (Lipinski definition) is 5. The molecule has 1 aliphatic heterocycles. The molecule has 1 fully saturated rings. The van der Waals surface area contributed by atoms with Crippen LogP contribution >= 0.6 is 0 Å². The molecule has 0 bridgehead atoms. The Morgan fingerprint density at radius 3 is 2.32 bits per heavy atom. The van der Waals surface area contributed by atoms with Gasteiger partial charge in [-0.2, -0.15) is 13.2 Å². The molecule has 34 heavy (non-hydrogen) atoms. The molecular weight excluding hydrogens is 460 g/mol. The minimum absolute atomic E-state index is 0.119. The standard InChI is InChI=1S/C21H20F4N6O3/c22-15-2-4-16(5-3-15)34-13-19(32)29-7-9-30(10-8-29)20(33)26-11-18-28-27-17-6-1-14(12-31(17)18)21(23,24)25/h1-6,12H,7-11,13H2,(H,26,33). The maximum absolute atomic E-state index is 13.0. The summed E-state index contributed by atoms with van der Waals surface area (Å²) in [5, 5.41) is 10.3. The van der Waals surface area contributed by atoms with Crippen molar-refractivity contribution in [1.29, 1.82) is 0 Å². The van der Waals surface area contributed by atoms with Crippen LogP contribution in [0.4, 0.5) is 22.4 Å². The van der Waals surface area contributed by atoms with Gasteiger partial charge in [0.2, 0.25) is 0 Å². The average Bonchev–Trinajstić information content (AvgIpc) is 3.24. The van der Waals surface area contributed by atoms with Crippen LogP contribution in [-0.4, -0.2) is 69.1 Å². The number of pyridine rings is 1. The van der Waals surface area contributed by atoms with Gasteiger partial charge in [-0.25, -0.2) is 9.18 Å². The van der Waals surface area contributed by atoms with Crippen molar-refractivity contribution in [3.63, 3.8) is 0 Å². The van der Waals surface area contributed by atoms with Gasteiger partial charge in [0.15, 0.2) is 18.1 Å². The predicted octanol–water partition coefficient (Wildman–Crippen LogP) is 2.32. The summed E-state index contributed by atoms with van der Waals surface area (Å²) in [4.78, 5) is 27.9. The minimum atomic E-state index is -4.51. The van der Waals surface area contributed by atoms with Crippen LogP contribution in [0.5, 0.6) is 5.75 Å².